The third-order valence-corrected chi connectivity index (χ3v) is 3.25. The van der Waals surface area contributed by atoms with Gasteiger partial charge in [-0.15, -0.1) is 0 Å². The van der Waals surface area contributed by atoms with Crippen LogP contribution in [0.4, 0.5) is 0 Å². The minimum Gasteiger partial charge on any atom is -0.480 e. The third-order valence-electron chi connectivity index (χ3n) is 3.25. The summed E-state index contributed by atoms with van der Waals surface area (Å²) in [6.45, 7) is 3.08. The van der Waals surface area contributed by atoms with Crippen LogP contribution in [0.15, 0.2) is 12.4 Å². The number of hydrogen-bond donors (Lipinski definition) is 1. The summed E-state index contributed by atoms with van der Waals surface area (Å²) < 4.78 is 1.31. The lowest BCUT2D eigenvalue weighted by Crippen LogP contribution is -2.35. The molecule has 0 bridgehead atoms. The summed E-state index contributed by atoms with van der Waals surface area (Å²) in [4.78, 5) is 24.8. The van der Waals surface area contributed by atoms with Crippen molar-refractivity contribution in [1.29, 1.82) is 0 Å². The molecule has 1 amide bonds. The van der Waals surface area contributed by atoms with Gasteiger partial charge in [0.05, 0.1) is 11.8 Å². The summed E-state index contributed by atoms with van der Waals surface area (Å²) in [6, 6.07) is -0.757. The average Bonchev–Trinajstić information content (AvgIpc) is 2.87. The van der Waals surface area contributed by atoms with E-state index in [-0.39, 0.29) is 5.91 Å². The van der Waals surface area contributed by atoms with E-state index in [0.717, 1.165) is 25.9 Å². The van der Waals surface area contributed by atoms with Crippen LogP contribution >= 0.6 is 0 Å². The van der Waals surface area contributed by atoms with Gasteiger partial charge in [0.15, 0.2) is 0 Å². The van der Waals surface area contributed by atoms with Crippen LogP contribution in [0.2, 0.25) is 0 Å². The maximum atomic E-state index is 12.1. The summed E-state index contributed by atoms with van der Waals surface area (Å²) in [5.41, 5.74) is 0.463. The van der Waals surface area contributed by atoms with Gasteiger partial charge in [0, 0.05) is 19.3 Å². The molecule has 1 unspecified atom stereocenters. The van der Waals surface area contributed by atoms with Gasteiger partial charge >= 0.3 is 5.97 Å². The summed E-state index contributed by atoms with van der Waals surface area (Å²) in [5, 5.41) is 12.8. The molecule has 6 heteroatoms. The van der Waals surface area contributed by atoms with Crippen LogP contribution in [0.25, 0.3) is 0 Å². The Morgan fingerprint density at radius 1 is 1.33 bits per heavy atom. The molecule has 98 valence electrons. The Hall–Kier alpha value is -1.85. The van der Waals surface area contributed by atoms with Crippen molar-refractivity contribution < 1.29 is 14.7 Å². The van der Waals surface area contributed by atoms with E-state index in [2.05, 4.69) is 5.10 Å². The van der Waals surface area contributed by atoms with Gasteiger partial charge in [-0.3, -0.25) is 9.48 Å². The van der Waals surface area contributed by atoms with Gasteiger partial charge < -0.3 is 10.0 Å². The van der Waals surface area contributed by atoms with Crippen molar-refractivity contribution in [2.75, 3.05) is 13.1 Å². The highest BCUT2D eigenvalue weighted by atomic mass is 16.4. The number of hydrogen-bond acceptors (Lipinski definition) is 3. The summed E-state index contributed by atoms with van der Waals surface area (Å²) in [6.07, 6.45) is 6.18. The first-order chi connectivity index (χ1) is 8.59. The average molecular weight is 251 g/mol. The molecule has 0 aromatic carbocycles. The van der Waals surface area contributed by atoms with Crippen LogP contribution in [0.3, 0.4) is 0 Å². The highest BCUT2D eigenvalue weighted by Gasteiger charge is 2.21. The second-order valence-corrected chi connectivity index (χ2v) is 4.58. The third kappa shape index (κ3) is 2.52. The van der Waals surface area contributed by atoms with Crippen molar-refractivity contribution in [3.05, 3.63) is 18.0 Å². The number of nitrogens with zero attached hydrogens (tertiary/aromatic N) is 3. The fourth-order valence-electron chi connectivity index (χ4n) is 2.05. The minimum atomic E-state index is -0.963. The zero-order chi connectivity index (χ0) is 13.1. The number of rotatable bonds is 3. The number of aliphatic carboxylic acids is 1. The molecule has 1 saturated heterocycles. The molecular formula is C12H17N3O3. The number of aromatic nitrogens is 2. The Morgan fingerprint density at radius 2 is 2.00 bits per heavy atom. The van der Waals surface area contributed by atoms with Crippen LogP contribution in [0.1, 0.15) is 42.6 Å². The molecule has 18 heavy (non-hydrogen) atoms. The van der Waals surface area contributed by atoms with Crippen LogP contribution < -0.4 is 0 Å². The van der Waals surface area contributed by atoms with Gasteiger partial charge in [0.1, 0.15) is 6.04 Å². The number of carboxylic acids is 1. The van der Waals surface area contributed by atoms with E-state index in [0.29, 0.717) is 5.56 Å². The molecule has 0 radical (unpaired) electrons. The summed E-state index contributed by atoms with van der Waals surface area (Å²) >= 11 is 0. The first-order valence-corrected chi connectivity index (χ1v) is 6.16. The molecule has 1 aromatic rings. The van der Waals surface area contributed by atoms with E-state index in [1.54, 1.807) is 4.90 Å². The number of piperidine rings is 1. The highest BCUT2D eigenvalue weighted by Crippen LogP contribution is 2.14. The van der Waals surface area contributed by atoms with E-state index < -0.39 is 12.0 Å². The Balaban J connectivity index is 2.09. The Bertz CT molecular complexity index is 449. The quantitative estimate of drug-likeness (QED) is 0.874. The van der Waals surface area contributed by atoms with Crippen LogP contribution in [-0.4, -0.2) is 44.8 Å². The molecule has 1 fully saturated rings. The standard InChI is InChI=1S/C12H17N3O3/c1-9(12(17)18)15-8-10(7-13-15)11(16)14-5-3-2-4-6-14/h7-9H,2-6H2,1H3,(H,17,18). The lowest BCUT2D eigenvalue weighted by atomic mass is 10.1. The van der Waals surface area contributed by atoms with E-state index in [1.807, 2.05) is 0 Å². The molecule has 1 aliphatic heterocycles. The van der Waals surface area contributed by atoms with Gasteiger partial charge in [-0.2, -0.15) is 5.10 Å². The van der Waals surface area contributed by atoms with Gasteiger partial charge in [-0.25, -0.2) is 4.79 Å². The van der Waals surface area contributed by atoms with E-state index in [1.165, 1.54) is 30.4 Å². The molecule has 2 rings (SSSR count). The number of amides is 1. The molecular weight excluding hydrogens is 234 g/mol. The first-order valence-electron chi connectivity index (χ1n) is 6.16. The monoisotopic (exact) mass is 251 g/mol. The van der Waals surface area contributed by atoms with E-state index in [9.17, 15) is 9.59 Å². The van der Waals surface area contributed by atoms with E-state index >= 15 is 0 Å². The lowest BCUT2D eigenvalue weighted by molar-refractivity contribution is -0.140. The molecule has 0 aliphatic carbocycles. The maximum Gasteiger partial charge on any atom is 0.328 e. The second kappa shape index (κ2) is 5.20. The molecule has 0 spiro atoms. The summed E-state index contributed by atoms with van der Waals surface area (Å²) in [7, 11) is 0. The molecule has 1 aliphatic rings. The minimum absolute atomic E-state index is 0.0569. The normalized spacial score (nSPS) is 17.5. The van der Waals surface area contributed by atoms with Gasteiger partial charge in [-0.05, 0) is 26.2 Å². The highest BCUT2D eigenvalue weighted by molar-refractivity contribution is 5.93. The number of carbonyl (C=O) groups is 2. The molecule has 6 nitrogen and oxygen atoms in total. The maximum absolute atomic E-state index is 12.1. The van der Waals surface area contributed by atoms with Gasteiger partial charge in [-0.1, -0.05) is 0 Å². The number of carboxylic acid groups (broad SMARTS) is 1. The molecule has 0 saturated carbocycles. The van der Waals surface area contributed by atoms with Crippen LogP contribution in [-0.2, 0) is 4.79 Å². The van der Waals surface area contributed by atoms with E-state index in [4.69, 9.17) is 5.11 Å². The molecule has 2 heterocycles. The van der Waals surface area contributed by atoms with Crippen molar-refractivity contribution in [2.45, 2.75) is 32.2 Å². The van der Waals surface area contributed by atoms with Crippen molar-refractivity contribution in [1.82, 2.24) is 14.7 Å². The molecule has 1 atom stereocenters. The number of likely N-dealkylation sites (tertiary alicyclic amines) is 1. The van der Waals surface area contributed by atoms with Crippen molar-refractivity contribution in [3.8, 4) is 0 Å². The Morgan fingerprint density at radius 3 is 2.61 bits per heavy atom. The second-order valence-electron chi connectivity index (χ2n) is 4.58. The van der Waals surface area contributed by atoms with Crippen molar-refractivity contribution >= 4 is 11.9 Å². The predicted molar refractivity (Wildman–Crippen MR) is 64.3 cm³/mol. The fourth-order valence-corrected chi connectivity index (χ4v) is 2.05. The predicted octanol–water partition coefficient (Wildman–Crippen LogP) is 1.15. The first kappa shape index (κ1) is 12.6. The zero-order valence-electron chi connectivity index (χ0n) is 10.4. The smallest absolute Gasteiger partial charge is 0.328 e. The largest absolute Gasteiger partial charge is 0.480 e. The topological polar surface area (TPSA) is 75.4 Å². The zero-order valence-corrected chi connectivity index (χ0v) is 10.4. The summed E-state index contributed by atoms with van der Waals surface area (Å²) in [5.74, 6) is -1.02. The van der Waals surface area contributed by atoms with Crippen LogP contribution in [0, 0.1) is 0 Å². The lowest BCUT2D eigenvalue weighted by Gasteiger charge is -2.26. The van der Waals surface area contributed by atoms with Gasteiger partial charge in [0.25, 0.3) is 5.91 Å². The molecule has 1 aromatic heterocycles. The molecule has 1 N–H and O–H groups in total. The SMILES string of the molecule is CC(C(=O)O)n1cc(C(=O)N2CCCCC2)cn1. The van der Waals surface area contributed by atoms with Crippen molar-refractivity contribution in [3.63, 3.8) is 0 Å². The number of carbonyl (C=O) groups excluding carboxylic acids is 1. The van der Waals surface area contributed by atoms with Crippen molar-refractivity contribution in [2.24, 2.45) is 0 Å². The fraction of sp³-hybridized carbons (Fsp3) is 0.583. The Labute approximate surface area is 105 Å². The Kier molecular flexibility index (Phi) is 3.64. The van der Waals surface area contributed by atoms with Crippen LogP contribution in [0.5, 0.6) is 0 Å². The van der Waals surface area contributed by atoms with Gasteiger partial charge in [0.2, 0.25) is 0 Å².